The quantitative estimate of drug-likeness (QED) is 0.610. The number of para-hydroxylation sites is 1. The SMILES string of the molecule is CCOc1ccccc1C(=O)NCC(=O)OCC(=O)N1CCCC[C@H]1C(N)=O. The minimum atomic E-state index is -0.761. The van der Waals surface area contributed by atoms with Crippen LogP contribution in [-0.2, 0) is 19.1 Å². The Balaban J connectivity index is 1.82. The Hall–Kier alpha value is -3.10. The average Bonchev–Trinajstić information content (AvgIpc) is 2.70. The Labute approximate surface area is 163 Å². The van der Waals surface area contributed by atoms with Crippen LogP contribution in [0, 0.1) is 0 Å². The zero-order valence-corrected chi connectivity index (χ0v) is 15.8. The van der Waals surface area contributed by atoms with Gasteiger partial charge in [-0.1, -0.05) is 12.1 Å². The van der Waals surface area contributed by atoms with E-state index in [0.29, 0.717) is 30.9 Å². The van der Waals surface area contributed by atoms with E-state index >= 15 is 0 Å². The zero-order chi connectivity index (χ0) is 20.5. The van der Waals surface area contributed by atoms with Crippen LogP contribution in [0.4, 0.5) is 0 Å². The highest BCUT2D eigenvalue weighted by Gasteiger charge is 2.31. The van der Waals surface area contributed by atoms with Crippen molar-refractivity contribution in [3.05, 3.63) is 29.8 Å². The third kappa shape index (κ3) is 5.70. The van der Waals surface area contributed by atoms with Gasteiger partial charge in [-0.15, -0.1) is 0 Å². The summed E-state index contributed by atoms with van der Waals surface area (Å²) in [7, 11) is 0. The van der Waals surface area contributed by atoms with Gasteiger partial charge in [-0.2, -0.15) is 0 Å². The molecule has 0 aliphatic carbocycles. The van der Waals surface area contributed by atoms with Gasteiger partial charge >= 0.3 is 5.97 Å². The third-order valence-corrected chi connectivity index (χ3v) is 4.33. The first-order chi connectivity index (χ1) is 13.4. The molecule has 3 N–H and O–H groups in total. The molecule has 1 atom stereocenters. The molecule has 1 fully saturated rings. The van der Waals surface area contributed by atoms with E-state index in [1.165, 1.54) is 4.90 Å². The van der Waals surface area contributed by atoms with Crippen molar-refractivity contribution in [3.63, 3.8) is 0 Å². The summed E-state index contributed by atoms with van der Waals surface area (Å²) < 4.78 is 10.3. The van der Waals surface area contributed by atoms with Crippen molar-refractivity contribution >= 4 is 23.7 Å². The number of likely N-dealkylation sites (tertiary alicyclic amines) is 1. The van der Waals surface area contributed by atoms with E-state index in [4.69, 9.17) is 15.2 Å². The van der Waals surface area contributed by atoms with E-state index in [0.717, 1.165) is 12.8 Å². The van der Waals surface area contributed by atoms with Crippen LogP contribution in [0.15, 0.2) is 24.3 Å². The second kappa shape index (κ2) is 10.3. The summed E-state index contributed by atoms with van der Waals surface area (Å²) in [6, 6.07) is 5.98. The lowest BCUT2D eigenvalue weighted by molar-refractivity contribution is -0.154. The number of rotatable bonds is 8. The topological polar surface area (TPSA) is 128 Å². The number of nitrogens with one attached hydrogen (secondary N) is 1. The number of primary amides is 1. The van der Waals surface area contributed by atoms with E-state index in [1.807, 2.05) is 0 Å². The van der Waals surface area contributed by atoms with Gasteiger partial charge in [0.2, 0.25) is 5.91 Å². The highest BCUT2D eigenvalue weighted by molar-refractivity contribution is 5.98. The lowest BCUT2D eigenvalue weighted by atomic mass is 10.0. The lowest BCUT2D eigenvalue weighted by Crippen LogP contribution is -2.51. The second-order valence-corrected chi connectivity index (χ2v) is 6.27. The van der Waals surface area contributed by atoms with Crippen LogP contribution >= 0.6 is 0 Å². The van der Waals surface area contributed by atoms with Crippen molar-refractivity contribution in [1.29, 1.82) is 0 Å². The monoisotopic (exact) mass is 391 g/mol. The van der Waals surface area contributed by atoms with E-state index in [2.05, 4.69) is 5.32 Å². The molecule has 0 aromatic heterocycles. The predicted molar refractivity (Wildman–Crippen MR) is 99.4 cm³/mol. The molecule has 0 saturated carbocycles. The largest absolute Gasteiger partial charge is 0.493 e. The summed E-state index contributed by atoms with van der Waals surface area (Å²) in [4.78, 5) is 49.1. The molecular weight excluding hydrogens is 366 g/mol. The first kappa shape index (κ1) is 21.2. The molecule has 1 aliphatic heterocycles. The minimum Gasteiger partial charge on any atom is -0.493 e. The number of benzene rings is 1. The van der Waals surface area contributed by atoms with Gasteiger partial charge in [0.25, 0.3) is 11.8 Å². The smallest absolute Gasteiger partial charge is 0.325 e. The number of hydrogen-bond acceptors (Lipinski definition) is 6. The number of nitrogens with zero attached hydrogens (tertiary/aromatic N) is 1. The van der Waals surface area contributed by atoms with Gasteiger partial charge in [0.05, 0.1) is 12.2 Å². The number of esters is 1. The maximum Gasteiger partial charge on any atom is 0.325 e. The molecule has 2 rings (SSSR count). The fourth-order valence-corrected chi connectivity index (χ4v) is 2.99. The highest BCUT2D eigenvalue weighted by atomic mass is 16.5. The Kier molecular flexibility index (Phi) is 7.79. The minimum absolute atomic E-state index is 0.297. The Morgan fingerprint density at radius 3 is 2.68 bits per heavy atom. The molecule has 0 radical (unpaired) electrons. The van der Waals surface area contributed by atoms with Crippen LogP contribution in [0.2, 0.25) is 0 Å². The molecule has 152 valence electrons. The molecule has 0 unspecified atom stereocenters. The highest BCUT2D eigenvalue weighted by Crippen LogP contribution is 2.18. The van der Waals surface area contributed by atoms with E-state index in [1.54, 1.807) is 31.2 Å². The van der Waals surface area contributed by atoms with Crippen LogP contribution in [0.3, 0.4) is 0 Å². The number of ether oxygens (including phenoxy) is 2. The summed E-state index contributed by atoms with van der Waals surface area (Å²) in [6.07, 6.45) is 2.08. The maximum absolute atomic E-state index is 12.2. The Bertz CT molecular complexity index is 736. The van der Waals surface area contributed by atoms with Gasteiger partial charge in [0, 0.05) is 6.54 Å². The van der Waals surface area contributed by atoms with Crippen LogP contribution in [0.5, 0.6) is 5.75 Å². The van der Waals surface area contributed by atoms with Gasteiger partial charge in [-0.25, -0.2) is 0 Å². The number of amides is 3. The van der Waals surface area contributed by atoms with Crippen molar-refractivity contribution < 1.29 is 28.7 Å². The van der Waals surface area contributed by atoms with Crippen molar-refractivity contribution in [3.8, 4) is 5.75 Å². The Morgan fingerprint density at radius 2 is 1.96 bits per heavy atom. The molecular formula is C19H25N3O6. The standard InChI is InChI=1S/C19H25N3O6/c1-2-27-15-9-4-3-7-13(15)19(26)21-11-17(24)28-12-16(23)22-10-6-5-8-14(22)18(20)25/h3-4,7,9,14H,2,5-6,8,10-12H2,1H3,(H2,20,25)(H,21,26)/t14-/m0/s1. The van der Waals surface area contributed by atoms with Crippen LogP contribution in [-0.4, -0.2) is 60.9 Å². The number of carbonyl (C=O) groups is 4. The van der Waals surface area contributed by atoms with Crippen LogP contribution in [0.1, 0.15) is 36.5 Å². The van der Waals surface area contributed by atoms with Gasteiger partial charge in [-0.3, -0.25) is 19.2 Å². The first-order valence-electron chi connectivity index (χ1n) is 9.18. The van der Waals surface area contributed by atoms with E-state index < -0.39 is 42.9 Å². The number of carbonyl (C=O) groups excluding carboxylic acids is 4. The molecule has 1 heterocycles. The van der Waals surface area contributed by atoms with Crippen LogP contribution < -0.4 is 15.8 Å². The van der Waals surface area contributed by atoms with Crippen molar-refractivity contribution in [2.75, 3.05) is 26.3 Å². The molecule has 1 aromatic carbocycles. The molecule has 0 spiro atoms. The molecule has 1 aromatic rings. The summed E-state index contributed by atoms with van der Waals surface area (Å²) >= 11 is 0. The van der Waals surface area contributed by atoms with Crippen molar-refractivity contribution in [1.82, 2.24) is 10.2 Å². The molecule has 9 heteroatoms. The molecule has 0 bridgehead atoms. The summed E-state index contributed by atoms with van der Waals surface area (Å²) in [5.74, 6) is -1.89. The summed E-state index contributed by atoms with van der Waals surface area (Å²) in [6.45, 7) is 1.69. The number of nitrogens with two attached hydrogens (primary N) is 1. The fourth-order valence-electron chi connectivity index (χ4n) is 2.99. The van der Waals surface area contributed by atoms with Crippen molar-refractivity contribution in [2.45, 2.75) is 32.2 Å². The second-order valence-electron chi connectivity index (χ2n) is 6.27. The van der Waals surface area contributed by atoms with E-state index in [-0.39, 0.29) is 0 Å². The zero-order valence-electron chi connectivity index (χ0n) is 15.8. The number of piperidine rings is 1. The van der Waals surface area contributed by atoms with E-state index in [9.17, 15) is 19.2 Å². The fraction of sp³-hybridized carbons (Fsp3) is 0.474. The van der Waals surface area contributed by atoms with Gasteiger partial charge < -0.3 is 25.4 Å². The van der Waals surface area contributed by atoms with Crippen molar-refractivity contribution in [2.24, 2.45) is 5.73 Å². The lowest BCUT2D eigenvalue weighted by Gasteiger charge is -2.33. The predicted octanol–water partition coefficient (Wildman–Crippen LogP) is 0.225. The average molecular weight is 391 g/mol. The molecule has 3 amide bonds. The van der Waals surface area contributed by atoms with Gasteiger partial charge in [0.1, 0.15) is 18.3 Å². The summed E-state index contributed by atoms with van der Waals surface area (Å²) in [5, 5.41) is 2.44. The third-order valence-electron chi connectivity index (χ3n) is 4.33. The molecule has 9 nitrogen and oxygen atoms in total. The van der Waals surface area contributed by atoms with Crippen LogP contribution in [0.25, 0.3) is 0 Å². The number of hydrogen-bond donors (Lipinski definition) is 2. The van der Waals surface area contributed by atoms with Gasteiger partial charge in [0.15, 0.2) is 6.61 Å². The maximum atomic E-state index is 12.2. The first-order valence-corrected chi connectivity index (χ1v) is 9.18. The Morgan fingerprint density at radius 1 is 1.21 bits per heavy atom. The molecule has 1 aliphatic rings. The normalized spacial score (nSPS) is 16.2. The molecule has 1 saturated heterocycles. The summed E-state index contributed by atoms with van der Waals surface area (Å²) in [5.41, 5.74) is 5.62. The molecule has 28 heavy (non-hydrogen) atoms. The van der Waals surface area contributed by atoms with Gasteiger partial charge in [-0.05, 0) is 38.3 Å².